The van der Waals surface area contributed by atoms with Gasteiger partial charge in [-0.2, -0.15) is 0 Å². The number of carbonyl (C=O) groups is 1. The van der Waals surface area contributed by atoms with Crippen LogP contribution >= 0.6 is 0 Å². The molecule has 11 unspecified atom stereocenters. The number of carboxylic acid groups (broad SMARTS) is 1. The lowest BCUT2D eigenvalue weighted by Gasteiger charge is -2.47. The minimum atomic E-state index is -1.81. The molecule has 0 bridgehead atoms. The van der Waals surface area contributed by atoms with Gasteiger partial charge in [0.2, 0.25) is 0 Å². The molecule has 0 aromatic rings. The highest BCUT2D eigenvalue weighted by Gasteiger charge is 2.61. The largest absolute Gasteiger partial charge is 0.479 e. The lowest BCUT2D eigenvalue weighted by molar-refractivity contribution is -0.288. The van der Waals surface area contributed by atoms with Crippen molar-refractivity contribution >= 4 is 5.97 Å². The molecule has 0 spiro atoms. The van der Waals surface area contributed by atoms with Gasteiger partial charge in [-0.15, -0.1) is 0 Å². The number of likely N-dealkylation sites (N-methyl/N-ethyl adjacent to an activating group) is 1. The Hall–Kier alpha value is -0.890. The van der Waals surface area contributed by atoms with Crippen molar-refractivity contribution in [3.63, 3.8) is 0 Å². The summed E-state index contributed by atoms with van der Waals surface area (Å²) in [5, 5.41) is 59.5. The summed E-state index contributed by atoms with van der Waals surface area (Å²) in [5.74, 6) is -1.49. The van der Waals surface area contributed by atoms with Gasteiger partial charge < -0.3 is 44.8 Å². The Morgan fingerprint density at radius 2 is 1.70 bits per heavy atom. The Labute approximate surface area is 155 Å². The summed E-state index contributed by atoms with van der Waals surface area (Å²) in [6, 6.07) is -0.301. The normalized spacial score (nSPS) is 50.1. The smallest absolute Gasteiger partial charge is 0.335 e. The summed E-state index contributed by atoms with van der Waals surface area (Å²) < 4.78 is 16.9. The first-order valence-electron chi connectivity index (χ1n) is 8.78. The maximum atomic E-state index is 11.3. The molecule has 0 saturated carbocycles. The lowest BCUT2D eigenvalue weighted by atomic mass is 9.86. The molecule has 0 radical (unpaired) electrons. The van der Waals surface area contributed by atoms with Crippen LogP contribution < -0.4 is 0 Å². The molecule has 0 aromatic heterocycles. The maximum absolute atomic E-state index is 11.3. The van der Waals surface area contributed by atoms with Crippen LogP contribution in [0.5, 0.6) is 0 Å². The van der Waals surface area contributed by atoms with E-state index in [0.717, 1.165) is 0 Å². The summed E-state index contributed by atoms with van der Waals surface area (Å²) in [6.45, 7) is 2.57. The molecule has 3 saturated heterocycles. The van der Waals surface area contributed by atoms with Crippen molar-refractivity contribution < 1.29 is 49.6 Å². The first-order chi connectivity index (χ1) is 12.5. The second-order valence-electron chi connectivity index (χ2n) is 7.87. The highest BCUT2D eigenvalue weighted by molar-refractivity contribution is 5.73. The quantitative estimate of drug-likeness (QED) is 0.256. The van der Waals surface area contributed by atoms with E-state index in [1.807, 2.05) is 0 Å². The average molecular weight is 393 g/mol. The Kier molecular flexibility index (Phi) is 5.53. The molecular formula is C16H27NO10. The standard InChI is InChI=1S/C16H27NO10/c1-16(2,13-10(22)8(20)9(21)12(26-13)15(23)24)27-11-5(4-18)25-14-6(7(11)19)17(14)3/h5-14,18-22H,4H2,1-3H3,(H,23,24). The van der Waals surface area contributed by atoms with Gasteiger partial charge in [0.15, 0.2) is 6.10 Å². The first kappa shape index (κ1) is 20.8. The third-order valence-electron chi connectivity index (χ3n) is 5.60. The van der Waals surface area contributed by atoms with Gasteiger partial charge in [-0.3, -0.25) is 4.90 Å². The van der Waals surface area contributed by atoms with Gasteiger partial charge in [-0.25, -0.2) is 4.79 Å². The van der Waals surface area contributed by atoms with Crippen molar-refractivity contribution in [1.29, 1.82) is 0 Å². The number of aliphatic hydroxyl groups excluding tert-OH is 5. The average Bonchev–Trinajstić information content (AvgIpc) is 3.24. The van der Waals surface area contributed by atoms with Crippen LogP contribution in [-0.2, 0) is 19.0 Å². The number of aliphatic hydroxyl groups is 5. The van der Waals surface area contributed by atoms with Gasteiger partial charge in [0.25, 0.3) is 0 Å². The van der Waals surface area contributed by atoms with E-state index in [0.29, 0.717) is 0 Å². The number of carboxylic acids is 1. The fourth-order valence-corrected chi connectivity index (χ4v) is 3.96. The van der Waals surface area contributed by atoms with Crippen molar-refractivity contribution in [1.82, 2.24) is 4.90 Å². The maximum Gasteiger partial charge on any atom is 0.335 e. The summed E-state index contributed by atoms with van der Waals surface area (Å²) in [4.78, 5) is 13.1. The van der Waals surface area contributed by atoms with Crippen LogP contribution in [0.2, 0.25) is 0 Å². The van der Waals surface area contributed by atoms with Crippen LogP contribution in [-0.4, -0.2) is 122 Å². The zero-order chi connectivity index (χ0) is 20.3. The Bertz CT molecular complexity index is 571. The molecule has 11 nitrogen and oxygen atoms in total. The number of fused-ring (bicyclic) bond motifs is 1. The third-order valence-corrected chi connectivity index (χ3v) is 5.60. The fourth-order valence-electron chi connectivity index (χ4n) is 3.96. The van der Waals surface area contributed by atoms with E-state index in [4.69, 9.17) is 14.2 Å². The molecule has 0 aromatic carbocycles. The minimum Gasteiger partial charge on any atom is -0.479 e. The van der Waals surface area contributed by atoms with Crippen molar-refractivity contribution in [2.45, 2.75) is 80.5 Å². The molecule has 3 aliphatic rings. The SMILES string of the molecule is CN1C2OC(CO)C(OC(C)(C)C3OC(C(=O)O)C(O)C(O)C3O)C(O)C21. The Morgan fingerprint density at radius 1 is 1.07 bits per heavy atom. The molecule has 27 heavy (non-hydrogen) atoms. The van der Waals surface area contributed by atoms with Crippen LogP contribution in [0.4, 0.5) is 0 Å². The van der Waals surface area contributed by atoms with E-state index in [9.17, 15) is 35.4 Å². The van der Waals surface area contributed by atoms with E-state index < -0.39 is 67.0 Å². The molecule has 6 N–H and O–H groups in total. The molecule has 3 heterocycles. The molecule has 156 valence electrons. The second-order valence-corrected chi connectivity index (χ2v) is 7.87. The zero-order valence-corrected chi connectivity index (χ0v) is 15.2. The van der Waals surface area contributed by atoms with E-state index in [-0.39, 0.29) is 12.3 Å². The fraction of sp³-hybridized carbons (Fsp3) is 0.938. The van der Waals surface area contributed by atoms with Gasteiger partial charge in [0.05, 0.1) is 18.2 Å². The third kappa shape index (κ3) is 3.48. The Morgan fingerprint density at radius 3 is 2.26 bits per heavy atom. The number of ether oxygens (including phenoxy) is 3. The summed E-state index contributed by atoms with van der Waals surface area (Å²) in [6.07, 6.45) is -11.4. The molecule has 11 atom stereocenters. The van der Waals surface area contributed by atoms with Crippen LogP contribution in [0.3, 0.4) is 0 Å². The van der Waals surface area contributed by atoms with Gasteiger partial charge >= 0.3 is 5.97 Å². The molecular weight excluding hydrogens is 366 g/mol. The van der Waals surface area contributed by atoms with E-state index in [2.05, 4.69) is 0 Å². The van der Waals surface area contributed by atoms with Crippen molar-refractivity contribution in [2.75, 3.05) is 13.7 Å². The van der Waals surface area contributed by atoms with Gasteiger partial charge in [0.1, 0.15) is 49.0 Å². The molecule has 11 heteroatoms. The van der Waals surface area contributed by atoms with Crippen LogP contribution in [0.15, 0.2) is 0 Å². The van der Waals surface area contributed by atoms with Gasteiger partial charge in [-0.05, 0) is 20.9 Å². The number of nitrogens with zero attached hydrogens (tertiary/aromatic N) is 1. The van der Waals surface area contributed by atoms with Crippen molar-refractivity contribution in [3.8, 4) is 0 Å². The van der Waals surface area contributed by atoms with Gasteiger partial charge in [0, 0.05) is 0 Å². The number of rotatable bonds is 5. The van der Waals surface area contributed by atoms with Crippen molar-refractivity contribution in [2.24, 2.45) is 0 Å². The van der Waals surface area contributed by atoms with E-state index in [1.54, 1.807) is 11.9 Å². The highest BCUT2D eigenvalue weighted by atomic mass is 16.6. The van der Waals surface area contributed by atoms with E-state index in [1.165, 1.54) is 13.8 Å². The summed E-state index contributed by atoms with van der Waals surface area (Å²) in [5.41, 5.74) is -1.39. The van der Waals surface area contributed by atoms with E-state index >= 15 is 0 Å². The first-order valence-corrected chi connectivity index (χ1v) is 8.78. The Balaban J connectivity index is 1.79. The molecule has 3 fully saturated rings. The van der Waals surface area contributed by atoms with Crippen molar-refractivity contribution in [3.05, 3.63) is 0 Å². The minimum absolute atomic E-state index is 0.301. The second kappa shape index (κ2) is 7.17. The lowest BCUT2D eigenvalue weighted by Crippen LogP contribution is -2.66. The molecule has 0 amide bonds. The number of hydrogen-bond acceptors (Lipinski definition) is 10. The molecule has 0 aliphatic carbocycles. The van der Waals surface area contributed by atoms with Crippen LogP contribution in [0.25, 0.3) is 0 Å². The molecule has 3 rings (SSSR count). The monoisotopic (exact) mass is 393 g/mol. The number of aliphatic carboxylic acids is 1. The summed E-state index contributed by atoms with van der Waals surface area (Å²) in [7, 11) is 1.75. The van der Waals surface area contributed by atoms with Crippen LogP contribution in [0.1, 0.15) is 13.8 Å². The number of hydrogen-bond donors (Lipinski definition) is 6. The molecule has 3 aliphatic heterocycles. The van der Waals surface area contributed by atoms with Crippen LogP contribution in [0, 0.1) is 0 Å². The van der Waals surface area contributed by atoms with Gasteiger partial charge in [-0.1, -0.05) is 0 Å². The topological polar surface area (TPSA) is 169 Å². The summed E-state index contributed by atoms with van der Waals surface area (Å²) >= 11 is 0. The zero-order valence-electron chi connectivity index (χ0n) is 15.2. The predicted octanol–water partition coefficient (Wildman–Crippen LogP) is -3.52. The predicted molar refractivity (Wildman–Crippen MR) is 86.6 cm³/mol. The highest BCUT2D eigenvalue weighted by Crippen LogP contribution is 2.41.